The number of para-hydroxylation sites is 1. The van der Waals surface area contributed by atoms with Gasteiger partial charge in [-0.1, -0.05) is 29.8 Å². The third kappa shape index (κ3) is 2.24. The van der Waals surface area contributed by atoms with Gasteiger partial charge in [-0.15, -0.1) is 0 Å². The molecule has 0 atom stereocenters. The molecule has 0 unspecified atom stereocenters. The summed E-state index contributed by atoms with van der Waals surface area (Å²) in [4.78, 5) is 27.9. The molecule has 0 fully saturated rings. The number of aromatic amines is 1. The van der Waals surface area contributed by atoms with Gasteiger partial charge in [0, 0.05) is 5.02 Å². The maximum absolute atomic E-state index is 12.7. The van der Waals surface area contributed by atoms with Gasteiger partial charge in [-0.05, 0) is 36.4 Å². The predicted molar refractivity (Wildman–Crippen MR) is 92.3 cm³/mol. The monoisotopic (exact) mass is 338 g/mol. The molecule has 0 spiro atoms. The Morgan fingerprint density at radius 1 is 0.917 bits per heavy atom. The van der Waals surface area contributed by atoms with Crippen LogP contribution in [0.15, 0.2) is 70.4 Å². The van der Waals surface area contributed by atoms with E-state index in [9.17, 15) is 9.59 Å². The first-order chi connectivity index (χ1) is 11.6. The molecule has 2 heterocycles. The lowest BCUT2D eigenvalue weighted by Crippen LogP contribution is -2.33. The summed E-state index contributed by atoms with van der Waals surface area (Å²) in [5.74, 6) is 0. The number of nitrogens with one attached hydrogen (secondary N) is 1. The van der Waals surface area contributed by atoms with Crippen LogP contribution in [0, 0.1) is 0 Å². The van der Waals surface area contributed by atoms with Gasteiger partial charge < -0.3 is 0 Å². The fourth-order valence-corrected chi connectivity index (χ4v) is 2.71. The molecule has 4 rings (SSSR count). The fraction of sp³-hybridized carbons (Fsp3) is 0. The van der Waals surface area contributed by atoms with Gasteiger partial charge in [-0.2, -0.15) is 5.10 Å². The molecule has 0 saturated carbocycles. The first kappa shape index (κ1) is 14.5. The van der Waals surface area contributed by atoms with Gasteiger partial charge in [-0.3, -0.25) is 9.78 Å². The summed E-state index contributed by atoms with van der Waals surface area (Å²) >= 11 is 5.86. The van der Waals surface area contributed by atoms with E-state index < -0.39 is 11.2 Å². The lowest BCUT2D eigenvalue weighted by molar-refractivity contribution is 0.862. The summed E-state index contributed by atoms with van der Waals surface area (Å²) in [5, 5.41) is 5.08. The minimum absolute atomic E-state index is 0.327. The molecule has 1 N–H and O–H groups in total. The van der Waals surface area contributed by atoms with Gasteiger partial charge in [0.05, 0.1) is 17.6 Å². The van der Waals surface area contributed by atoms with Crippen molar-refractivity contribution in [1.29, 1.82) is 0 Å². The number of hydrogen-bond acceptors (Lipinski definition) is 3. The zero-order valence-electron chi connectivity index (χ0n) is 12.3. The van der Waals surface area contributed by atoms with Crippen LogP contribution in [0.3, 0.4) is 0 Å². The van der Waals surface area contributed by atoms with Gasteiger partial charge in [-0.25, -0.2) is 14.0 Å². The average molecular weight is 339 g/mol. The Morgan fingerprint density at radius 3 is 2.33 bits per heavy atom. The maximum Gasteiger partial charge on any atom is 0.334 e. The second-order valence-electron chi connectivity index (χ2n) is 5.20. The third-order valence-corrected chi connectivity index (χ3v) is 3.97. The second-order valence-corrected chi connectivity index (χ2v) is 5.64. The van der Waals surface area contributed by atoms with Crippen LogP contribution in [0.2, 0.25) is 5.02 Å². The maximum atomic E-state index is 12.7. The molecule has 0 saturated heterocycles. The summed E-state index contributed by atoms with van der Waals surface area (Å²) in [5.41, 5.74) is 0.596. The molecule has 4 aromatic rings. The lowest BCUT2D eigenvalue weighted by Gasteiger charge is -2.06. The normalized spacial score (nSPS) is 11.0. The van der Waals surface area contributed by atoms with Crippen molar-refractivity contribution in [2.24, 2.45) is 0 Å². The molecule has 2 aromatic heterocycles. The minimum Gasteiger partial charge on any atom is -0.291 e. The number of fused-ring (bicyclic) bond motifs is 1. The molecule has 7 heteroatoms. The van der Waals surface area contributed by atoms with E-state index in [4.69, 9.17) is 11.6 Å². The number of halogens is 1. The average Bonchev–Trinajstić information content (AvgIpc) is 3.01. The summed E-state index contributed by atoms with van der Waals surface area (Å²) in [7, 11) is 0. The van der Waals surface area contributed by atoms with Crippen molar-refractivity contribution in [3.63, 3.8) is 0 Å². The standard InChI is InChI=1S/C17H11ClN4O2/c18-11-6-8-12(9-7-11)21-16(23)14-10-19-22(15(14)20-17(21)24)13-4-2-1-3-5-13/h1-10H,(H,20,24). The largest absolute Gasteiger partial charge is 0.334 e. The minimum atomic E-state index is -0.535. The Balaban J connectivity index is 1.99. The molecule has 0 aliphatic rings. The molecule has 118 valence electrons. The summed E-state index contributed by atoms with van der Waals surface area (Å²) < 4.78 is 2.60. The number of nitrogens with zero attached hydrogens (tertiary/aromatic N) is 3. The lowest BCUT2D eigenvalue weighted by atomic mass is 10.3. The van der Waals surface area contributed by atoms with Crippen molar-refractivity contribution in [2.45, 2.75) is 0 Å². The van der Waals surface area contributed by atoms with E-state index in [-0.39, 0.29) is 0 Å². The smallest absolute Gasteiger partial charge is 0.291 e. The molecule has 2 aromatic carbocycles. The van der Waals surface area contributed by atoms with E-state index in [0.29, 0.717) is 21.7 Å². The van der Waals surface area contributed by atoms with E-state index in [0.717, 1.165) is 10.3 Å². The highest BCUT2D eigenvalue weighted by atomic mass is 35.5. The van der Waals surface area contributed by atoms with Crippen molar-refractivity contribution in [1.82, 2.24) is 19.3 Å². The number of rotatable bonds is 2. The van der Waals surface area contributed by atoms with Gasteiger partial charge in [0.1, 0.15) is 5.39 Å². The Kier molecular flexibility index (Phi) is 3.32. The molecule has 0 radical (unpaired) electrons. The SMILES string of the molecule is O=c1[nH]c2c(cnn2-c2ccccc2)c(=O)n1-c1ccc(Cl)cc1. The first-order valence-corrected chi connectivity index (χ1v) is 7.57. The molecular weight excluding hydrogens is 328 g/mol. The van der Waals surface area contributed by atoms with Gasteiger partial charge >= 0.3 is 5.69 Å². The number of aromatic nitrogens is 4. The second kappa shape index (κ2) is 5.50. The van der Waals surface area contributed by atoms with Crippen LogP contribution in [0.4, 0.5) is 0 Å². The Labute approximate surface area is 140 Å². The fourth-order valence-electron chi connectivity index (χ4n) is 2.58. The van der Waals surface area contributed by atoms with Gasteiger partial charge in [0.25, 0.3) is 5.56 Å². The zero-order chi connectivity index (χ0) is 16.7. The Hall–Kier alpha value is -3.12. The highest BCUT2D eigenvalue weighted by Gasteiger charge is 2.14. The van der Waals surface area contributed by atoms with Crippen LogP contribution >= 0.6 is 11.6 Å². The van der Waals surface area contributed by atoms with Gasteiger partial charge in [0.2, 0.25) is 0 Å². The molecule has 24 heavy (non-hydrogen) atoms. The highest BCUT2D eigenvalue weighted by Crippen LogP contribution is 2.14. The van der Waals surface area contributed by atoms with E-state index >= 15 is 0 Å². The van der Waals surface area contributed by atoms with Crippen molar-refractivity contribution < 1.29 is 0 Å². The van der Waals surface area contributed by atoms with E-state index in [1.54, 1.807) is 24.3 Å². The van der Waals surface area contributed by atoms with Crippen molar-refractivity contribution in [3.8, 4) is 11.4 Å². The molecule has 0 bridgehead atoms. The van der Waals surface area contributed by atoms with Crippen LogP contribution in [0.1, 0.15) is 0 Å². The Morgan fingerprint density at radius 2 is 1.62 bits per heavy atom. The summed E-state index contributed by atoms with van der Waals surface area (Å²) in [6, 6.07) is 15.8. The van der Waals surface area contributed by atoms with E-state index in [1.165, 1.54) is 10.9 Å². The molecule has 0 aliphatic heterocycles. The van der Waals surface area contributed by atoms with Crippen molar-refractivity contribution in [2.75, 3.05) is 0 Å². The van der Waals surface area contributed by atoms with Crippen LogP contribution in [0.5, 0.6) is 0 Å². The van der Waals surface area contributed by atoms with Crippen LogP contribution in [-0.2, 0) is 0 Å². The van der Waals surface area contributed by atoms with Crippen LogP contribution in [-0.4, -0.2) is 19.3 Å². The quantitative estimate of drug-likeness (QED) is 0.610. The molecular formula is C17H11ClN4O2. The highest BCUT2D eigenvalue weighted by molar-refractivity contribution is 6.30. The molecule has 6 nitrogen and oxygen atoms in total. The van der Waals surface area contributed by atoms with Crippen LogP contribution < -0.4 is 11.2 Å². The zero-order valence-corrected chi connectivity index (χ0v) is 13.1. The van der Waals surface area contributed by atoms with E-state index in [2.05, 4.69) is 10.1 Å². The van der Waals surface area contributed by atoms with Gasteiger partial charge in [0.15, 0.2) is 5.65 Å². The number of benzene rings is 2. The summed E-state index contributed by atoms with van der Waals surface area (Å²) in [6.45, 7) is 0. The first-order valence-electron chi connectivity index (χ1n) is 7.19. The molecule has 0 aliphatic carbocycles. The van der Waals surface area contributed by atoms with Crippen LogP contribution in [0.25, 0.3) is 22.4 Å². The topological polar surface area (TPSA) is 72.7 Å². The summed E-state index contributed by atoms with van der Waals surface area (Å²) in [6.07, 6.45) is 1.45. The van der Waals surface area contributed by atoms with Crippen molar-refractivity contribution in [3.05, 3.63) is 86.7 Å². The van der Waals surface area contributed by atoms with Crippen molar-refractivity contribution >= 4 is 22.6 Å². The predicted octanol–water partition coefficient (Wildman–Crippen LogP) is 2.52. The molecule has 0 amide bonds. The number of H-pyrrole nitrogens is 1. The number of hydrogen-bond donors (Lipinski definition) is 1. The third-order valence-electron chi connectivity index (χ3n) is 3.72. The van der Waals surface area contributed by atoms with E-state index in [1.807, 2.05) is 30.3 Å². The Bertz CT molecular complexity index is 1140.